The minimum atomic E-state index is 1.01. The van der Waals surface area contributed by atoms with Crippen LogP contribution in [0.25, 0.3) is 11.1 Å². The fourth-order valence-corrected chi connectivity index (χ4v) is 4.27. The molecular formula is C26H29N. The number of nitrogens with zero attached hydrogens (tertiary/aromatic N) is 1. The first-order valence-electron chi connectivity index (χ1n) is 10.1. The second-order valence-electron chi connectivity index (χ2n) is 7.99. The molecule has 0 saturated heterocycles. The summed E-state index contributed by atoms with van der Waals surface area (Å²) in [4.78, 5) is 2.50. The predicted molar refractivity (Wildman–Crippen MR) is 116 cm³/mol. The van der Waals surface area contributed by atoms with Gasteiger partial charge in [0.15, 0.2) is 0 Å². The summed E-state index contributed by atoms with van der Waals surface area (Å²) in [6.07, 6.45) is 11.5. The maximum absolute atomic E-state index is 4.07. The molecule has 1 nitrogen and oxygen atoms in total. The standard InChI is InChI=1S/C26H29N/c1-20(2)18-27-15-14-22-17-24(12-13-25(22)19-27)26-11-7-6-10-23(26)16-21-8-4-3-5-9-21/h4,6-13,17H,1,3,5,14-16,18-19H2,2H3. The van der Waals surface area contributed by atoms with Gasteiger partial charge in [0.25, 0.3) is 0 Å². The summed E-state index contributed by atoms with van der Waals surface area (Å²) in [5.74, 6) is 0. The molecule has 0 amide bonds. The van der Waals surface area contributed by atoms with Crippen LogP contribution in [0.2, 0.25) is 0 Å². The van der Waals surface area contributed by atoms with E-state index in [0.29, 0.717) is 0 Å². The zero-order valence-electron chi connectivity index (χ0n) is 16.4. The molecule has 0 spiro atoms. The number of hydrogen-bond donors (Lipinski definition) is 0. The van der Waals surface area contributed by atoms with Crippen molar-refractivity contribution in [3.05, 3.63) is 95.1 Å². The Labute approximate surface area is 163 Å². The Balaban J connectivity index is 1.59. The normalized spacial score (nSPS) is 16.7. The minimum Gasteiger partial charge on any atom is -0.295 e. The minimum absolute atomic E-state index is 1.01. The van der Waals surface area contributed by atoms with Crippen molar-refractivity contribution in [3.8, 4) is 11.1 Å². The smallest absolute Gasteiger partial charge is 0.0240 e. The molecular weight excluding hydrogens is 326 g/mol. The van der Waals surface area contributed by atoms with Crippen molar-refractivity contribution < 1.29 is 0 Å². The Morgan fingerprint density at radius 1 is 1.07 bits per heavy atom. The molecule has 2 aliphatic rings. The van der Waals surface area contributed by atoms with Crippen LogP contribution in [-0.4, -0.2) is 18.0 Å². The van der Waals surface area contributed by atoms with Crippen LogP contribution in [0.1, 0.15) is 36.5 Å². The van der Waals surface area contributed by atoms with Gasteiger partial charge in [-0.2, -0.15) is 0 Å². The molecule has 0 atom stereocenters. The molecule has 1 heterocycles. The van der Waals surface area contributed by atoms with E-state index in [9.17, 15) is 0 Å². The molecule has 2 aromatic rings. The van der Waals surface area contributed by atoms with Gasteiger partial charge in [0.1, 0.15) is 0 Å². The van der Waals surface area contributed by atoms with Crippen LogP contribution in [0.15, 0.2) is 78.4 Å². The van der Waals surface area contributed by atoms with Crippen LogP contribution in [0.4, 0.5) is 0 Å². The zero-order valence-corrected chi connectivity index (χ0v) is 16.4. The summed E-state index contributed by atoms with van der Waals surface area (Å²) in [6.45, 7) is 9.36. The summed E-state index contributed by atoms with van der Waals surface area (Å²) in [5, 5.41) is 0. The fourth-order valence-electron chi connectivity index (χ4n) is 4.27. The largest absolute Gasteiger partial charge is 0.295 e. The molecule has 0 aromatic heterocycles. The molecule has 0 saturated carbocycles. The van der Waals surface area contributed by atoms with Gasteiger partial charge in [-0.3, -0.25) is 4.90 Å². The van der Waals surface area contributed by atoms with Gasteiger partial charge in [-0.05, 0) is 66.0 Å². The van der Waals surface area contributed by atoms with Crippen LogP contribution in [0.3, 0.4) is 0 Å². The lowest BCUT2D eigenvalue weighted by Gasteiger charge is -2.29. The van der Waals surface area contributed by atoms with Crippen molar-refractivity contribution in [2.75, 3.05) is 13.1 Å². The zero-order chi connectivity index (χ0) is 18.6. The molecule has 2 aromatic carbocycles. The first kappa shape index (κ1) is 18.0. The maximum Gasteiger partial charge on any atom is 0.0240 e. The van der Waals surface area contributed by atoms with Crippen LogP contribution >= 0.6 is 0 Å². The fraction of sp³-hybridized carbons (Fsp3) is 0.308. The summed E-state index contributed by atoms with van der Waals surface area (Å²) in [7, 11) is 0. The number of hydrogen-bond acceptors (Lipinski definition) is 1. The van der Waals surface area contributed by atoms with Gasteiger partial charge >= 0.3 is 0 Å². The van der Waals surface area contributed by atoms with Crippen molar-refractivity contribution in [1.82, 2.24) is 4.90 Å². The van der Waals surface area contributed by atoms with Gasteiger partial charge in [0.2, 0.25) is 0 Å². The SMILES string of the molecule is C=C(C)CN1CCc2cc(-c3ccccc3CC3=CCCC=C3)ccc2C1. The lowest BCUT2D eigenvalue weighted by atomic mass is 9.90. The first-order chi connectivity index (χ1) is 13.2. The van der Waals surface area contributed by atoms with E-state index < -0.39 is 0 Å². The molecule has 1 aliphatic carbocycles. The highest BCUT2D eigenvalue weighted by atomic mass is 15.1. The summed E-state index contributed by atoms with van der Waals surface area (Å²) in [6, 6.07) is 16.0. The highest BCUT2D eigenvalue weighted by Crippen LogP contribution is 2.30. The molecule has 0 fully saturated rings. The summed E-state index contributed by atoms with van der Waals surface area (Å²) in [5.41, 5.74) is 9.84. The molecule has 1 aliphatic heterocycles. The van der Waals surface area contributed by atoms with Crippen LogP contribution in [-0.2, 0) is 19.4 Å². The molecule has 0 N–H and O–H groups in total. The van der Waals surface area contributed by atoms with E-state index in [0.717, 1.165) is 32.5 Å². The van der Waals surface area contributed by atoms with Gasteiger partial charge < -0.3 is 0 Å². The topological polar surface area (TPSA) is 3.24 Å². The maximum atomic E-state index is 4.07. The first-order valence-corrected chi connectivity index (χ1v) is 10.1. The molecule has 138 valence electrons. The molecule has 27 heavy (non-hydrogen) atoms. The second kappa shape index (κ2) is 8.10. The Bertz CT molecular complexity index is 900. The predicted octanol–water partition coefficient (Wildman–Crippen LogP) is 6.11. The lowest BCUT2D eigenvalue weighted by molar-refractivity contribution is 0.276. The van der Waals surface area contributed by atoms with Crippen LogP contribution in [0.5, 0.6) is 0 Å². The van der Waals surface area contributed by atoms with Gasteiger partial charge in [0.05, 0.1) is 0 Å². The summed E-state index contributed by atoms with van der Waals surface area (Å²) < 4.78 is 0. The number of benzene rings is 2. The number of rotatable bonds is 5. The lowest BCUT2D eigenvalue weighted by Crippen LogP contribution is -2.31. The van der Waals surface area contributed by atoms with Crippen molar-refractivity contribution in [3.63, 3.8) is 0 Å². The van der Waals surface area contributed by atoms with Gasteiger partial charge in [-0.15, -0.1) is 0 Å². The Morgan fingerprint density at radius 3 is 2.78 bits per heavy atom. The molecule has 0 unspecified atom stereocenters. The number of allylic oxidation sites excluding steroid dienone is 4. The highest BCUT2D eigenvalue weighted by Gasteiger charge is 2.17. The van der Waals surface area contributed by atoms with Gasteiger partial charge in [-0.25, -0.2) is 0 Å². The average Bonchev–Trinajstić information content (AvgIpc) is 2.68. The van der Waals surface area contributed by atoms with E-state index in [4.69, 9.17) is 0 Å². The summed E-state index contributed by atoms with van der Waals surface area (Å²) >= 11 is 0. The third-order valence-electron chi connectivity index (χ3n) is 5.59. The third kappa shape index (κ3) is 4.31. The Morgan fingerprint density at radius 2 is 1.96 bits per heavy atom. The molecule has 4 rings (SSSR count). The van der Waals surface area contributed by atoms with E-state index >= 15 is 0 Å². The monoisotopic (exact) mass is 355 g/mol. The van der Waals surface area contributed by atoms with E-state index in [1.807, 2.05) is 0 Å². The average molecular weight is 356 g/mol. The van der Waals surface area contributed by atoms with E-state index in [1.54, 1.807) is 0 Å². The van der Waals surface area contributed by atoms with E-state index in [-0.39, 0.29) is 0 Å². The van der Waals surface area contributed by atoms with E-state index in [2.05, 4.69) is 79.1 Å². The highest BCUT2D eigenvalue weighted by molar-refractivity contribution is 5.69. The van der Waals surface area contributed by atoms with Crippen molar-refractivity contribution in [2.24, 2.45) is 0 Å². The Kier molecular flexibility index (Phi) is 5.40. The molecule has 0 bridgehead atoms. The second-order valence-corrected chi connectivity index (χ2v) is 7.99. The Hall–Kier alpha value is -2.38. The molecule has 1 heteroatoms. The van der Waals surface area contributed by atoms with Crippen molar-refractivity contribution in [2.45, 2.75) is 39.2 Å². The quantitative estimate of drug-likeness (QED) is 0.585. The van der Waals surface area contributed by atoms with Crippen molar-refractivity contribution >= 4 is 0 Å². The third-order valence-corrected chi connectivity index (χ3v) is 5.59. The van der Waals surface area contributed by atoms with Gasteiger partial charge in [0, 0.05) is 19.6 Å². The van der Waals surface area contributed by atoms with Gasteiger partial charge in [-0.1, -0.05) is 72.8 Å². The van der Waals surface area contributed by atoms with E-state index in [1.165, 1.54) is 51.8 Å². The van der Waals surface area contributed by atoms with Crippen molar-refractivity contribution in [1.29, 1.82) is 0 Å². The molecule has 0 radical (unpaired) electrons. The van der Waals surface area contributed by atoms with Crippen LogP contribution < -0.4 is 0 Å². The van der Waals surface area contributed by atoms with Crippen LogP contribution in [0, 0.1) is 0 Å². The number of fused-ring (bicyclic) bond motifs is 1.